The van der Waals surface area contributed by atoms with E-state index >= 15 is 0 Å². The molecule has 7 heteroatoms. The standard InChI is InChI=1S/C19H18N2O4S/c22-18-17-16(25-19(20-18)21-6-2-1-3-7-21)13(11-26-17)12-4-5-14-15(10-12)24-9-8-23-14/h4-5,10-11H,1-3,6-9H2. The van der Waals surface area contributed by atoms with Crippen molar-refractivity contribution in [3.05, 3.63) is 33.9 Å². The molecule has 4 heterocycles. The van der Waals surface area contributed by atoms with E-state index in [1.165, 1.54) is 17.8 Å². The Labute approximate surface area is 154 Å². The summed E-state index contributed by atoms with van der Waals surface area (Å²) in [6, 6.07) is 6.24. The fourth-order valence-corrected chi connectivity index (χ4v) is 4.36. The summed E-state index contributed by atoms with van der Waals surface area (Å²) in [5.74, 6) is 1.47. The summed E-state index contributed by atoms with van der Waals surface area (Å²) in [6.45, 7) is 2.86. The summed E-state index contributed by atoms with van der Waals surface area (Å²) < 4.78 is 17.9. The van der Waals surface area contributed by atoms with E-state index < -0.39 is 0 Å². The Morgan fingerprint density at radius 1 is 1.04 bits per heavy atom. The van der Waals surface area contributed by atoms with Gasteiger partial charge in [-0.2, -0.15) is 4.98 Å². The van der Waals surface area contributed by atoms with E-state index in [1.807, 2.05) is 23.6 Å². The molecule has 1 aromatic carbocycles. The second-order valence-corrected chi connectivity index (χ2v) is 7.40. The van der Waals surface area contributed by atoms with Crippen molar-refractivity contribution in [2.75, 3.05) is 31.2 Å². The van der Waals surface area contributed by atoms with Gasteiger partial charge in [-0.25, -0.2) is 0 Å². The van der Waals surface area contributed by atoms with Crippen LogP contribution in [0.25, 0.3) is 21.4 Å². The normalized spacial score (nSPS) is 16.8. The Balaban J connectivity index is 1.62. The monoisotopic (exact) mass is 370 g/mol. The molecule has 5 rings (SSSR count). The maximum Gasteiger partial charge on any atom is 0.301 e. The van der Waals surface area contributed by atoms with Gasteiger partial charge >= 0.3 is 6.01 Å². The SMILES string of the molecule is O=c1nc(N2CCCCC2)oc2c(-c3ccc4c(c3)OCCO4)csc12. The highest BCUT2D eigenvalue weighted by Crippen LogP contribution is 2.39. The van der Waals surface area contributed by atoms with Crippen LogP contribution in [0.5, 0.6) is 11.5 Å². The molecular formula is C19H18N2O4S. The highest BCUT2D eigenvalue weighted by atomic mass is 32.1. The van der Waals surface area contributed by atoms with Crippen LogP contribution in [0.4, 0.5) is 6.01 Å². The fourth-order valence-electron chi connectivity index (χ4n) is 3.48. The lowest BCUT2D eigenvalue weighted by atomic mass is 10.1. The highest BCUT2D eigenvalue weighted by Gasteiger charge is 2.21. The Bertz CT molecular complexity index is 1020. The lowest BCUT2D eigenvalue weighted by Crippen LogP contribution is -2.31. The lowest BCUT2D eigenvalue weighted by Gasteiger charge is -2.25. The van der Waals surface area contributed by atoms with E-state index in [0.29, 0.717) is 29.5 Å². The molecule has 2 aromatic heterocycles. The Hall–Kier alpha value is -2.54. The average Bonchev–Trinajstić information content (AvgIpc) is 3.13. The van der Waals surface area contributed by atoms with Crippen molar-refractivity contribution < 1.29 is 13.9 Å². The molecule has 0 spiro atoms. The van der Waals surface area contributed by atoms with Crippen molar-refractivity contribution in [3.8, 4) is 22.6 Å². The summed E-state index contributed by atoms with van der Waals surface area (Å²) in [5, 5.41) is 1.95. The van der Waals surface area contributed by atoms with Crippen LogP contribution in [0.15, 0.2) is 32.8 Å². The minimum absolute atomic E-state index is 0.222. The molecule has 0 aliphatic carbocycles. The molecule has 0 radical (unpaired) electrons. The van der Waals surface area contributed by atoms with E-state index in [2.05, 4.69) is 9.88 Å². The third kappa shape index (κ3) is 2.63. The predicted molar refractivity (Wildman–Crippen MR) is 101 cm³/mol. The molecule has 1 fully saturated rings. The van der Waals surface area contributed by atoms with Crippen LogP contribution in [0.1, 0.15) is 19.3 Å². The Kier molecular flexibility index (Phi) is 3.81. The Morgan fingerprint density at radius 3 is 2.69 bits per heavy atom. The van der Waals surface area contributed by atoms with Crippen molar-refractivity contribution in [2.24, 2.45) is 0 Å². The number of thiophene rings is 1. The van der Waals surface area contributed by atoms with Gasteiger partial charge in [-0.1, -0.05) is 6.07 Å². The number of nitrogens with zero attached hydrogens (tertiary/aromatic N) is 2. The van der Waals surface area contributed by atoms with E-state index in [9.17, 15) is 4.79 Å². The number of ether oxygens (including phenoxy) is 2. The van der Waals surface area contributed by atoms with Crippen molar-refractivity contribution in [2.45, 2.75) is 19.3 Å². The van der Waals surface area contributed by atoms with Gasteiger partial charge in [0.2, 0.25) is 0 Å². The molecule has 0 saturated carbocycles. The molecule has 0 bridgehead atoms. The topological polar surface area (TPSA) is 64.8 Å². The molecular weight excluding hydrogens is 352 g/mol. The predicted octanol–water partition coefficient (Wildman–Crippen LogP) is 3.68. The lowest BCUT2D eigenvalue weighted by molar-refractivity contribution is 0.171. The molecule has 0 unspecified atom stereocenters. The van der Waals surface area contributed by atoms with Crippen LogP contribution >= 0.6 is 11.3 Å². The first kappa shape index (κ1) is 15.7. The van der Waals surface area contributed by atoms with Gasteiger partial charge in [-0.05, 0) is 37.0 Å². The van der Waals surface area contributed by atoms with Gasteiger partial charge in [0.15, 0.2) is 17.1 Å². The number of rotatable bonds is 2. The molecule has 2 aliphatic rings. The van der Waals surface area contributed by atoms with Crippen LogP contribution in [-0.2, 0) is 0 Å². The van der Waals surface area contributed by atoms with Crippen LogP contribution < -0.4 is 19.9 Å². The van der Waals surface area contributed by atoms with Gasteiger partial charge in [-0.3, -0.25) is 4.79 Å². The molecule has 3 aromatic rings. The first-order valence-electron chi connectivity index (χ1n) is 8.87. The number of anilines is 1. The van der Waals surface area contributed by atoms with Crippen LogP contribution in [0.2, 0.25) is 0 Å². The van der Waals surface area contributed by atoms with Crippen molar-refractivity contribution in [3.63, 3.8) is 0 Å². The summed E-state index contributed by atoms with van der Waals surface area (Å²) in [6.07, 6.45) is 3.41. The molecule has 26 heavy (non-hydrogen) atoms. The van der Waals surface area contributed by atoms with E-state index in [4.69, 9.17) is 13.9 Å². The summed E-state index contributed by atoms with van der Waals surface area (Å²) in [7, 11) is 0. The second-order valence-electron chi connectivity index (χ2n) is 6.52. The minimum Gasteiger partial charge on any atom is -0.486 e. The maximum absolute atomic E-state index is 12.5. The van der Waals surface area contributed by atoms with Crippen molar-refractivity contribution in [1.29, 1.82) is 0 Å². The van der Waals surface area contributed by atoms with Crippen molar-refractivity contribution in [1.82, 2.24) is 4.98 Å². The number of benzene rings is 1. The van der Waals surface area contributed by atoms with E-state index in [1.54, 1.807) is 0 Å². The molecule has 0 amide bonds. The summed E-state index contributed by atoms with van der Waals surface area (Å²) in [5.41, 5.74) is 2.21. The molecule has 6 nitrogen and oxygen atoms in total. The van der Waals surface area contributed by atoms with Gasteiger partial charge < -0.3 is 18.8 Å². The second kappa shape index (κ2) is 6.32. The van der Waals surface area contributed by atoms with Crippen LogP contribution in [-0.4, -0.2) is 31.3 Å². The number of hydrogen-bond donors (Lipinski definition) is 0. The van der Waals surface area contributed by atoms with Gasteiger partial charge in [0.25, 0.3) is 5.56 Å². The smallest absolute Gasteiger partial charge is 0.301 e. The van der Waals surface area contributed by atoms with Gasteiger partial charge in [0.1, 0.15) is 17.9 Å². The molecule has 2 aliphatic heterocycles. The van der Waals surface area contributed by atoms with Gasteiger partial charge in [-0.15, -0.1) is 11.3 Å². The maximum atomic E-state index is 12.5. The summed E-state index contributed by atoms with van der Waals surface area (Å²) >= 11 is 1.37. The average molecular weight is 370 g/mol. The molecule has 1 saturated heterocycles. The van der Waals surface area contributed by atoms with Gasteiger partial charge in [0.05, 0.1) is 0 Å². The number of piperidine rings is 1. The van der Waals surface area contributed by atoms with Crippen molar-refractivity contribution >= 4 is 27.6 Å². The van der Waals surface area contributed by atoms with Crippen LogP contribution in [0, 0.1) is 0 Å². The first-order valence-corrected chi connectivity index (χ1v) is 9.75. The third-order valence-corrected chi connectivity index (χ3v) is 5.76. The molecule has 0 atom stereocenters. The summed E-state index contributed by atoms with van der Waals surface area (Å²) in [4.78, 5) is 18.7. The zero-order valence-electron chi connectivity index (χ0n) is 14.2. The molecule has 134 valence electrons. The number of hydrogen-bond acceptors (Lipinski definition) is 7. The van der Waals surface area contributed by atoms with E-state index in [-0.39, 0.29) is 5.56 Å². The largest absolute Gasteiger partial charge is 0.486 e. The first-order chi connectivity index (χ1) is 12.8. The molecule has 0 N–H and O–H groups in total. The van der Waals surface area contributed by atoms with Gasteiger partial charge in [0, 0.05) is 24.0 Å². The minimum atomic E-state index is -0.222. The number of fused-ring (bicyclic) bond motifs is 2. The quantitative estimate of drug-likeness (QED) is 0.686. The number of aromatic nitrogens is 1. The van der Waals surface area contributed by atoms with Crippen LogP contribution in [0.3, 0.4) is 0 Å². The zero-order valence-corrected chi connectivity index (χ0v) is 15.0. The highest BCUT2D eigenvalue weighted by molar-refractivity contribution is 7.17. The Morgan fingerprint density at radius 2 is 1.85 bits per heavy atom. The zero-order chi connectivity index (χ0) is 17.5. The third-order valence-electron chi connectivity index (χ3n) is 4.81. The van der Waals surface area contributed by atoms with E-state index in [0.717, 1.165) is 48.6 Å². The fraction of sp³-hybridized carbons (Fsp3) is 0.368.